The molecule has 1 atom stereocenters. The van der Waals surface area contributed by atoms with Crippen molar-refractivity contribution in [3.05, 3.63) is 35.5 Å². The first kappa shape index (κ1) is 17.6. The van der Waals surface area contributed by atoms with Gasteiger partial charge in [-0.1, -0.05) is 19.9 Å². The lowest BCUT2D eigenvalue weighted by Crippen LogP contribution is -2.19. The van der Waals surface area contributed by atoms with E-state index in [2.05, 4.69) is 30.2 Å². The van der Waals surface area contributed by atoms with Crippen LogP contribution in [-0.2, 0) is 4.79 Å². The molecule has 1 unspecified atom stereocenters. The van der Waals surface area contributed by atoms with Crippen molar-refractivity contribution in [1.82, 2.24) is 10.3 Å². The van der Waals surface area contributed by atoms with Gasteiger partial charge in [0.15, 0.2) is 5.17 Å². The Hall–Kier alpha value is -2.17. The fraction of sp³-hybridized carbons (Fsp3) is 0.278. The predicted octanol–water partition coefficient (Wildman–Crippen LogP) is 3.34. The van der Waals surface area contributed by atoms with E-state index in [4.69, 9.17) is 5.41 Å². The monoisotopic (exact) mass is 370 g/mol. The third-order valence-electron chi connectivity index (χ3n) is 3.60. The quantitative estimate of drug-likeness (QED) is 0.638. The number of amides is 1. The maximum atomic E-state index is 11.4. The first-order valence-electron chi connectivity index (χ1n) is 7.86. The van der Waals surface area contributed by atoms with Crippen molar-refractivity contribution in [1.29, 1.82) is 10.7 Å². The van der Waals surface area contributed by atoms with Crippen LogP contribution in [-0.4, -0.2) is 32.9 Å². The van der Waals surface area contributed by atoms with Crippen LogP contribution in [0.25, 0.3) is 10.9 Å². The van der Waals surface area contributed by atoms with E-state index in [0.717, 1.165) is 27.1 Å². The second-order valence-electron chi connectivity index (χ2n) is 6.16. The van der Waals surface area contributed by atoms with E-state index in [1.807, 2.05) is 23.6 Å². The Morgan fingerprint density at radius 2 is 2.32 bits per heavy atom. The lowest BCUT2D eigenvalue weighted by atomic mass is 10.1. The fourth-order valence-electron chi connectivity index (χ4n) is 2.45. The molecular weight excluding hydrogens is 352 g/mol. The van der Waals surface area contributed by atoms with Crippen molar-refractivity contribution < 1.29 is 4.79 Å². The van der Waals surface area contributed by atoms with Crippen LogP contribution in [0.3, 0.4) is 0 Å². The second kappa shape index (κ2) is 7.38. The number of carbonyl (C=O) groups excluding carboxylic acids is 1. The van der Waals surface area contributed by atoms with Gasteiger partial charge in [-0.15, -0.1) is 22.2 Å². The Kier molecular flexibility index (Phi) is 5.21. The molecule has 5 nitrogen and oxygen atoms in total. The van der Waals surface area contributed by atoms with Gasteiger partial charge in [-0.2, -0.15) is 5.26 Å². The molecule has 1 aromatic carbocycles. The number of pyridine rings is 1. The zero-order valence-corrected chi connectivity index (χ0v) is 15.6. The molecular formula is C18H18N4OS2. The normalized spacial score (nSPS) is 17.3. The molecule has 128 valence electrons. The molecule has 0 spiro atoms. The van der Waals surface area contributed by atoms with Gasteiger partial charge in [-0.05, 0) is 29.0 Å². The summed E-state index contributed by atoms with van der Waals surface area (Å²) < 4.78 is 0. The van der Waals surface area contributed by atoms with Crippen molar-refractivity contribution in [3.8, 4) is 6.07 Å². The van der Waals surface area contributed by atoms with Crippen molar-refractivity contribution in [2.45, 2.75) is 18.7 Å². The van der Waals surface area contributed by atoms with Crippen LogP contribution in [0, 0.1) is 22.7 Å². The van der Waals surface area contributed by atoms with Crippen LogP contribution in [0.1, 0.15) is 25.0 Å². The summed E-state index contributed by atoms with van der Waals surface area (Å²) in [6.07, 6.45) is 1.63. The molecule has 1 aliphatic heterocycles. The van der Waals surface area contributed by atoms with E-state index in [-0.39, 0.29) is 11.1 Å². The number of amidine groups is 1. The molecule has 0 saturated carbocycles. The first-order chi connectivity index (χ1) is 12.0. The number of thioether (sulfide) groups is 1. The molecule has 0 aliphatic carbocycles. The summed E-state index contributed by atoms with van der Waals surface area (Å²) in [4.78, 5) is 16.8. The van der Waals surface area contributed by atoms with Crippen molar-refractivity contribution >= 4 is 49.6 Å². The first-order valence-corrected chi connectivity index (χ1v) is 10.3. The largest absolute Gasteiger partial charge is 0.305 e. The van der Waals surface area contributed by atoms with Gasteiger partial charge in [-0.3, -0.25) is 15.2 Å². The minimum atomic E-state index is -0.515. The predicted molar refractivity (Wildman–Crippen MR) is 106 cm³/mol. The number of fused-ring (bicyclic) bond motifs is 1. The lowest BCUT2D eigenvalue weighted by molar-refractivity contribution is -0.116. The van der Waals surface area contributed by atoms with E-state index in [1.165, 1.54) is 0 Å². The molecule has 2 N–H and O–H groups in total. The number of hydrogen-bond acceptors (Lipinski definition) is 5. The SMILES string of the molecule is CC(C)CSc1c(C#N)cnc2ccc(/C=S3/CC(=O)NC3=N)cc12. The molecule has 1 saturated heterocycles. The molecule has 1 fully saturated rings. The standard InChI is InChI=1S/C18H18N4OS2/c1-11(2)8-24-17-13(6-19)7-21-15-4-3-12(5-14(15)17)9-25-10-16(23)22-18(25)20/h3-5,7,9,11H,8,10H2,1-2H3,(H2,20,22,23). The molecule has 25 heavy (non-hydrogen) atoms. The number of nitrogens with zero attached hydrogens (tertiary/aromatic N) is 2. The van der Waals surface area contributed by atoms with Gasteiger partial charge in [0.1, 0.15) is 6.07 Å². The second-order valence-corrected chi connectivity index (χ2v) is 8.98. The highest BCUT2D eigenvalue weighted by molar-refractivity contribution is 8.29. The average molecular weight is 371 g/mol. The molecule has 7 heteroatoms. The highest BCUT2D eigenvalue weighted by atomic mass is 32.2. The van der Waals surface area contributed by atoms with Crippen LogP contribution in [0.15, 0.2) is 29.3 Å². The van der Waals surface area contributed by atoms with E-state index >= 15 is 0 Å². The maximum Gasteiger partial charge on any atom is 0.235 e. The van der Waals surface area contributed by atoms with E-state index in [1.54, 1.807) is 18.0 Å². The summed E-state index contributed by atoms with van der Waals surface area (Å²) in [5, 5.41) is 23.0. The smallest absolute Gasteiger partial charge is 0.235 e. The Morgan fingerprint density at radius 3 is 2.96 bits per heavy atom. The number of hydrogen-bond donors (Lipinski definition) is 2. The molecule has 1 aliphatic rings. The summed E-state index contributed by atoms with van der Waals surface area (Å²) in [6, 6.07) is 8.12. The Bertz CT molecular complexity index is 944. The number of nitrogens with one attached hydrogen (secondary N) is 2. The van der Waals surface area contributed by atoms with Crippen LogP contribution in [0.5, 0.6) is 0 Å². The number of aromatic nitrogens is 1. The minimum Gasteiger partial charge on any atom is -0.305 e. The number of benzene rings is 1. The number of rotatable bonds is 4. The van der Waals surface area contributed by atoms with E-state index < -0.39 is 10.5 Å². The Balaban J connectivity index is 2.07. The van der Waals surface area contributed by atoms with Crippen molar-refractivity contribution in [2.24, 2.45) is 5.92 Å². The lowest BCUT2D eigenvalue weighted by Gasteiger charge is -2.10. The van der Waals surface area contributed by atoms with Gasteiger partial charge < -0.3 is 5.32 Å². The van der Waals surface area contributed by atoms with Crippen LogP contribution in [0.4, 0.5) is 0 Å². The topological polar surface area (TPSA) is 89.6 Å². The van der Waals surface area contributed by atoms with E-state index in [9.17, 15) is 10.1 Å². The molecule has 0 bridgehead atoms. The zero-order valence-electron chi connectivity index (χ0n) is 14.0. The average Bonchev–Trinajstić information content (AvgIpc) is 2.89. The van der Waals surface area contributed by atoms with Gasteiger partial charge in [0.2, 0.25) is 5.91 Å². The van der Waals surface area contributed by atoms with Gasteiger partial charge in [0.05, 0.1) is 16.8 Å². The van der Waals surface area contributed by atoms with Gasteiger partial charge in [0.25, 0.3) is 0 Å². The molecule has 2 heterocycles. The maximum absolute atomic E-state index is 11.4. The van der Waals surface area contributed by atoms with Gasteiger partial charge in [-0.25, -0.2) is 0 Å². The highest BCUT2D eigenvalue weighted by Crippen LogP contribution is 2.32. The Morgan fingerprint density at radius 1 is 1.52 bits per heavy atom. The molecule has 0 radical (unpaired) electrons. The third-order valence-corrected chi connectivity index (χ3v) is 6.92. The summed E-state index contributed by atoms with van der Waals surface area (Å²) in [5.74, 6) is 1.68. The molecule has 1 aromatic heterocycles. The molecule has 3 rings (SSSR count). The highest BCUT2D eigenvalue weighted by Gasteiger charge is 2.19. The van der Waals surface area contributed by atoms with E-state index in [0.29, 0.717) is 17.2 Å². The zero-order chi connectivity index (χ0) is 18.0. The van der Waals surface area contributed by atoms with Crippen LogP contribution in [0.2, 0.25) is 0 Å². The minimum absolute atomic E-state index is 0.105. The van der Waals surface area contributed by atoms with Crippen molar-refractivity contribution in [2.75, 3.05) is 11.5 Å². The summed E-state index contributed by atoms with van der Waals surface area (Å²) in [6.45, 7) is 4.30. The summed E-state index contributed by atoms with van der Waals surface area (Å²) >= 11 is 1.68. The van der Waals surface area contributed by atoms with Gasteiger partial charge in [0, 0.05) is 22.2 Å². The number of nitriles is 1. The van der Waals surface area contributed by atoms with Crippen molar-refractivity contribution in [3.63, 3.8) is 0 Å². The molecule has 2 aromatic rings. The molecule has 1 amide bonds. The van der Waals surface area contributed by atoms with Crippen LogP contribution < -0.4 is 5.32 Å². The number of carbonyl (C=O) groups is 1. The van der Waals surface area contributed by atoms with Crippen LogP contribution >= 0.6 is 22.2 Å². The fourth-order valence-corrected chi connectivity index (χ4v) is 4.94. The summed E-state index contributed by atoms with van der Waals surface area (Å²) in [5.41, 5.74) is 2.38. The van der Waals surface area contributed by atoms with Gasteiger partial charge >= 0.3 is 0 Å². The summed E-state index contributed by atoms with van der Waals surface area (Å²) in [7, 11) is -0.515. The Labute approximate surface area is 153 Å². The third kappa shape index (κ3) is 3.91.